The number of ether oxygens (including phenoxy) is 1. The van der Waals surface area contributed by atoms with E-state index in [4.69, 9.17) is 9.84 Å². The van der Waals surface area contributed by atoms with Crippen molar-refractivity contribution in [2.45, 2.75) is 225 Å². The van der Waals surface area contributed by atoms with Gasteiger partial charge in [-0.3, -0.25) is 14.4 Å². The lowest BCUT2D eigenvalue weighted by Gasteiger charge is -2.14. The summed E-state index contributed by atoms with van der Waals surface area (Å²) in [6, 6.07) is 0. The van der Waals surface area contributed by atoms with E-state index < -0.39 is 5.97 Å². The van der Waals surface area contributed by atoms with Crippen molar-refractivity contribution < 1.29 is 24.2 Å². The molecule has 0 heterocycles. The lowest BCUT2D eigenvalue weighted by Crippen LogP contribution is -2.28. The SMILES string of the molecule is CCCCCC/C=C\C/C=C\C(CCCCCCC(=O)NCC(=O)O)OC(=O)CCCCCCCCCCCCC/C=C\C/C=C\CCCCCCC. The van der Waals surface area contributed by atoms with E-state index >= 15 is 0 Å². The van der Waals surface area contributed by atoms with E-state index in [0.29, 0.717) is 12.8 Å². The first-order valence-electron chi connectivity index (χ1n) is 22.3. The third-order valence-corrected chi connectivity index (χ3v) is 9.71. The van der Waals surface area contributed by atoms with E-state index in [9.17, 15) is 14.4 Å². The Morgan fingerprint density at radius 2 is 0.925 bits per heavy atom. The van der Waals surface area contributed by atoms with E-state index in [2.05, 4.69) is 61.7 Å². The molecule has 0 aromatic rings. The molecule has 0 aromatic carbocycles. The van der Waals surface area contributed by atoms with Gasteiger partial charge in [0.15, 0.2) is 0 Å². The number of nitrogens with one attached hydrogen (secondary N) is 1. The summed E-state index contributed by atoms with van der Waals surface area (Å²) in [5, 5.41) is 11.1. The number of carboxylic acids is 1. The molecule has 0 aromatic heterocycles. The number of hydrogen-bond acceptors (Lipinski definition) is 4. The van der Waals surface area contributed by atoms with Crippen LogP contribution in [0.3, 0.4) is 0 Å². The van der Waals surface area contributed by atoms with Crippen molar-refractivity contribution in [2.24, 2.45) is 0 Å². The maximum absolute atomic E-state index is 12.7. The maximum Gasteiger partial charge on any atom is 0.322 e. The monoisotopic (exact) mass is 742 g/mol. The quantitative estimate of drug-likeness (QED) is 0.0370. The number of aliphatic carboxylic acids is 1. The lowest BCUT2D eigenvalue weighted by molar-refractivity contribution is -0.147. The van der Waals surface area contributed by atoms with Crippen LogP contribution in [-0.4, -0.2) is 35.6 Å². The number of amides is 1. The van der Waals surface area contributed by atoms with Gasteiger partial charge in [-0.05, 0) is 83.1 Å². The van der Waals surface area contributed by atoms with Crippen LogP contribution >= 0.6 is 0 Å². The molecular weight excluding hydrogens is 659 g/mol. The molecule has 0 aliphatic heterocycles. The highest BCUT2D eigenvalue weighted by atomic mass is 16.5. The zero-order chi connectivity index (χ0) is 38.7. The Bertz CT molecular complexity index is 953. The molecule has 6 heteroatoms. The van der Waals surface area contributed by atoms with Gasteiger partial charge < -0.3 is 15.2 Å². The standard InChI is InChI=1S/C47H83NO5/c1-3-5-7-9-11-13-14-15-16-17-18-19-20-21-22-23-24-25-26-28-30-32-38-42-47(52)53-44(39-35-31-29-27-12-10-8-6-4-2)40-36-33-34-37-41-45(49)48-43-46(50)51/h14-15,17-18,27,29,35,39,44H,3-13,16,19-26,28,30-34,36-38,40-43H2,1-2H3,(H,48,49)(H,50,51)/b15-14-,18-17-,29-27-,39-35-. The molecule has 6 nitrogen and oxygen atoms in total. The summed E-state index contributed by atoms with van der Waals surface area (Å²) >= 11 is 0. The largest absolute Gasteiger partial charge is 0.480 e. The summed E-state index contributed by atoms with van der Waals surface area (Å²) in [6.07, 6.45) is 54.0. The minimum Gasteiger partial charge on any atom is -0.480 e. The molecule has 1 atom stereocenters. The molecule has 53 heavy (non-hydrogen) atoms. The van der Waals surface area contributed by atoms with Crippen LogP contribution in [0.2, 0.25) is 0 Å². The van der Waals surface area contributed by atoms with Crippen molar-refractivity contribution in [3.63, 3.8) is 0 Å². The zero-order valence-corrected chi connectivity index (χ0v) is 34.6. The fraction of sp³-hybridized carbons (Fsp3) is 0.766. The van der Waals surface area contributed by atoms with Gasteiger partial charge in [0.25, 0.3) is 0 Å². The van der Waals surface area contributed by atoms with Gasteiger partial charge in [0, 0.05) is 12.8 Å². The van der Waals surface area contributed by atoms with Gasteiger partial charge in [-0.1, -0.05) is 172 Å². The second-order valence-electron chi connectivity index (χ2n) is 14.9. The van der Waals surface area contributed by atoms with E-state index in [-0.39, 0.29) is 24.5 Å². The molecule has 0 radical (unpaired) electrons. The second kappa shape index (κ2) is 42.1. The molecule has 306 valence electrons. The molecule has 0 rings (SSSR count). The number of esters is 1. The van der Waals surface area contributed by atoms with Crippen LogP contribution in [-0.2, 0) is 19.1 Å². The Balaban J connectivity index is 4.02. The molecule has 0 saturated heterocycles. The van der Waals surface area contributed by atoms with Crippen molar-refractivity contribution in [1.29, 1.82) is 0 Å². The molecule has 0 bridgehead atoms. The Hall–Kier alpha value is -2.63. The molecular formula is C47H83NO5. The van der Waals surface area contributed by atoms with Crippen molar-refractivity contribution in [1.82, 2.24) is 5.32 Å². The topological polar surface area (TPSA) is 92.7 Å². The highest BCUT2D eigenvalue weighted by molar-refractivity contribution is 5.80. The summed E-state index contributed by atoms with van der Waals surface area (Å²) in [6.45, 7) is 4.17. The minimum atomic E-state index is -1.03. The molecule has 0 fully saturated rings. The fourth-order valence-electron chi connectivity index (χ4n) is 6.38. The van der Waals surface area contributed by atoms with Gasteiger partial charge in [-0.25, -0.2) is 0 Å². The lowest BCUT2D eigenvalue weighted by atomic mass is 10.0. The number of allylic oxidation sites excluding steroid dienone is 7. The molecule has 2 N–H and O–H groups in total. The summed E-state index contributed by atoms with van der Waals surface area (Å²) in [7, 11) is 0. The van der Waals surface area contributed by atoms with Crippen LogP contribution in [0.15, 0.2) is 48.6 Å². The Morgan fingerprint density at radius 1 is 0.509 bits per heavy atom. The van der Waals surface area contributed by atoms with Crippen LogP contribution < -0.4 is 5.32 Å². The first-order valence-corrected chi connectivity index (χ1v) is 22.3. The molecule has 1 amide bonds. The highest BCUT2D eigenvalue weighted by Gasteiger charge is 2.12. The number of carbonyl (C=O) groups is 3. The Labute approximate surface area is 327 Å². The predicted octanol–water partition coefficient (Wildman–Crippen LogP) is 13.8. The van der Waals surface area contributed by atoms with Crippen molar-refractivity contribution in [3.8, 4) is 0 Å². The summed E-state index contributed by atoms with van der Waals surface area (Å²) in [5.41, 5.74) is 0. The average Bonchev–Trinajstić information content (AvgIpc) is 3.14. The number of hydrogen-bond donors (Lipinski definition) is 2. The van der Waals surface area contributed by atoms with Crippen molar-refractivity contribution >= 4 is 17.8 Å². The first kappa shape index (κ1) is 50.4. The molecule has 0 aliphatic rings. The van der Waals surface area contributed by atoms with Gasteiger partial charge in [-0.2, -0.15) is 0 Å². The fourth-order valence-corrected chi connectivity index (χ4v) is 6.38. The maximum atomic E-state index is 12.7. The Kier molecular flexibility index (Phi) is 40.0. The smallest absolute Gasteiger partial charge is 0.322 e. The van der Waals surface area contributed by atoms with Crippen LogP contribution in [0.25, 0.3) is 0 Å². The molecule has 0 aliphatic carbocycles. The minimum absolute atomic E-state index is 0.1000. The van der Waals surface area contributed by atoms with E-state index in [1.807, 2.05) is 6.08 Å². The number of carbonyl (C=O) groups excluding carboxylic acids is 2. The highest BCUT2D eigenvalue weighted by Crippen LogP contribution is 2.16. The first-order chi connectivity index (χ1) is 26.0. The summed E-state index contributed by atoms with van der Waals surface area (Å²) in [5.74, 6) is -1.35. The van der Waals surface area contributed by atoms with Gasteiger partial charge in [-0.15, -0.1) is 0 Å². The average molecular weight is 742 g/mol. The number of unbranched alkanes of at least 4 members (excludes halogenated alkanes) is 23. The van der Waals surface area contributed by atoms with Gasteiger partial charge >= 0.3 is 11.9 Å². The Morgan fingerprint density at radius 3 is 1.43 bits per heavy atom. The van der Waals surface area contributed by atoms with E-state index in [1.54, 1.807) is 0 Å². The normalized spacial score (nSPS) is 12.5. The van der Waals surface area contributed by atoms with Crippen molar-refractivity contribution in [2.75, 3.05) is 6.54 Å². The number of carboxylic acid groups (broad SMARTS) is 1. The third kappa shape index (κ3) is 42.0. The molecule has 1 unspecified atom stereocenters. The number of rotatable bonds is 40. The van der Waals surface area contributed by atoms with Gasteiger partial charge in [0.05, 0.1) is 0 Å². The third-order valence-electron chi connectivity index (χ3n) is 9.71. The summed E-state index contributed by atoms with van der Waals surface area (Å²) in [4.78, 5) is 35.0. The van der Waals surface area contributed by atoms with Gasteiger partial charge in [0.2, 0.25) is 5.91 Å². The van der Waals surface area contributed by atoms with E-state index in [0.717, 1.165) is 64.2 Å². The zero-order valence-electron chi connectivity index (χ0n) is 34.6. The van der Waals surface area contributed by atoms with Crippen LogP contribution in [0.5, 0.6) is 0 Å². The molecule has 0 saturated carbocycles. The van der Waals surface area contributed by atoms with Crippen LogP contribution in [0.1, 0.15) is 219 Å². The predicted molar refractivity (Wildman–Crippen MR) is 226 cm³/mol. The summed E-state index contributed by atoms with van der Waals surface area (Å²) < 4.78 is 5.90. The van der Waals surface area contributed by atoms with Gasteiger partial charge in [0.1, 0.15) is 12.6 Å². The second-order valence-corrected chi connectivity index (χ2v) is 14.9. The van der Waals surface area contributed by atoms with Crippen LogP contribution in [0.4, 0.5) is 0 Å². The van der Waals surface area contributed by atoms with E-state index in [1.165, 1.54) is 128 Å². The molecule has 0 spiro atoms. The van der Waals surface area contributed by atoms with Crippen LogP contribution in [0, 0.1) is 0 Å². The van der Waals surface area contributed by atoms with Crippen molar-refractivity contribution in [3.05, 3.63) is 48.6 Å².